The van der Waals surface area contributed by atoms with Gasteiger partial charge in [-0.1, -0.05) is 62.0 Å². The van der Waals surface area contributed by atoms with Crippen molar-refractivity contribution in [3.8, 4) is 11.4 Å². The van der Waals surface area contributed by atoms with Crippen molar-refractivity contribution >= 4 is 40.7 Å². The Hall–Kier alpha value is -3.46. The summed E-state index contributed by atoms with van der Waals surface area (Å²) >= 11 is 1.40. The number of nitrogens with zero attached hydrogens (tertiary/aromatic N) is 6. The van der Waals surface area contributed by atoms with Gasteiger partial charge in [-0.25, -0.2) is 4.68 Å². The predicted octanol–water partition coefficient (Wildman–Crippen LogP) is 3.97. The number of amidine groups is 1. The van der Waals surface area contributed by atoms with E-state index in [1.165, 1.54) is 16.4 Å². The van der Waals surface area contributed by atoms with Crippen molar-refractivity contribution in [2.75, 3.05) is 16.4 Å². The summed E-state index contributed by atoms with van der Waals surface area (Å²) in [4.78, 5) is 18.6. The molecule has 0 radical (unpaired) electrons. The molecule has 0 aliphatic carbocycles. The molecular formula is C23H25N7OS. The highest BCUT2D eigenvalue weighted by Gasteiger charge is 2.31. The Morgan fingerprint density at radius 3 is 2.59 bits per heavy atom. The summed E-state index contributed by atoms with van der Waals surface area (Å²) in [5.74, 6) is 1.60. The van der Waals surface area contributed by atoms with Crippen LogP contribution >= 0.6 is 11.8 Å². The normalized spacial score (nSPS) is 15.6. The minimum atomic E-state index is 0.0166. The maximum atomic E-state index is 12.7. The molecule has 1 saturated heterocycles. The van der Waals surface area contributed by atoms with Crippen molar-refractivity contribution in [2.24, 2.45) is 17.3 Å². The maximum absolute atomic E-state index is 12.7. The molecule has 9 heteroatoms. The monoisotopic (exact) mass is 447 g/mol. The minimum Gasteiger partial charge on any atom is -0.368 e. The third kappa shape index (κ3) is 4.43. The first-order chi connectivity index (χ1) is 15.3. The number of thioether (sulfide) groups is 1. The first-order valence-corrected chi connectivity index (χ1v) is 11.3. The van der Waals surface area contributed by atoms with Crippen LogP contribution in [0.15, 0.2) is 52.7 Å². The summed E-state index contributed by atoms with van der Waals surface area (Å²) in [5, 5.41) is 13.5. The lowest BCUT2D eigenvalue weighted by molar-refractivity contribution is -0.115. The quantitative estimate of drug-likeness (QED) is 0.471. The van der Waals surface area contributed by atoms with Crippen molar-refractivity contribution in [3.05, 3.63) is 59.2 Å². The third-order valence-corrected chi connectivity index (χ3v) is 6.04. The molecule has 8 nitrogen and oxygen atoms in total. The number of carbonyl (C=O) groups is 1. The van der Waals surface area contributed by atoms with Crippen molar-refractivity contribution in [1.82, 2.24) is 14.8 Å². The molecule has 164 valence electrons. The fourth-order valence-electron chi connectivity index (χ4n) is 3.39. The van der Waals surface area contributed by atoms with E-state index in [9.17, 15) is 4.79 Å². The lowest BCUT2D eigenvalue weighted by atomic mass is 9.99. The van der Waals surface area contributed by atoms with E-state index in [2.05, 4.69) is 46.3 Å². The molecule has 0 saturated carbocycles. The van der Waals surface area contributed by atoms with Gasteiger partial charge in [-0.15, -0.1) is 10.2 Å². The van der Waals surface area contributed by atoms with E-state index in [0.717, 1.165) is 27.9 Å². The number of hydrogen-bond donors (Lipinski definition) is 1. The van der Waals surface area contributed by atoms with E-state index >= 15 is 0 Å². The SMILES string of the molecule is Cc1ccc(C(C)C)c(N2C(=O)CS/C2=N\N=C\c2ccc(-c3nc(N)n(C)n3)cc2)c1. The number of rotatable bonds is 5. The number of nitrogens with two attached hydrogens (primary N) is 1. The number of amides is 1. The number of benzene rings is 2. The molecule has 3 aromatic rings. The fourth-order valence-corrected chi connectivity index (χ4v) is 4.21. The molecule has 0 atom stereocenters. The number of nitrogen functional groups attached to an aromatic ring is 1. The molecule has 4 rings (SSSR count). The molecule has 1 aliphatic heterocycles. The van der Waals surface area contributed by atoms with Gasteiger partial charge in [-0.2, -0.15) is 10.1 Å². The van der Waals surface area contributed by atoms with Gasteiger partial charge in [0.15, 0.2) is 11.0 Å². The van der Waals surface area contributed by atoms with Gasteiger partial charge in [0.05, 0.1) is 17.7 Å². The summed E-state index contributed by atoms with van der Waals surface area (Å²) in [6.45, 7) is 6.26. The average molecular weight is 448 g/mol. The van der Waals surface area contributed by atoms with Crippen molar-refractivity contribution in [2.45, 2.75) is 26.7 Å². The lowest BCUT2D eigenvalue weighted by Crippen LogP contribution is -2.30. The van der Waals surface area contributed by atoms with E-state index in [4.69, 9.17) is 5.73 Å². The Bertz CT molecular complexity index is 1190. The average Bonchev–Trinajstić information content (AvgIpc) is 3.29. The van der Waals surface area contributed by atoms with Crippen LogP contribution in [0.5, 0.6) is 0 Å². The molecule has 1 aromatic heterocycles. The minimum absolute atomic E-state index is 0.0166. The topological polar surface area (TPSA) is 102 Å². The molecule has 2 aromatic carbocycles. The number of hydrogen-bond acceptors (Lipinski definition) is 7. The zero-order valence-electron chi connectivity index (χ0n) is 18.5. The summed E-state index contributed by atoms with van der Waals surface area (Å²) in [5.41, 5.74) is 10.6. The zero-order valence-corrected chi connectivity index (χ0v) is 19.3. The molecule has 0 unspecified atom stereocenters. The van der Waals surface area contributed by atoms with Gasteiger partial charge in [0.1, 0.15) is 0 Å². The summed E-state index contributed by atoms with van der Waals surface area (Å²) in [6, 6.07) is 13.8. The lowest BCUT2D eigenvalue weighted by Gasteiger charge is -2.21. The molecule has 0 spiro atoms. The first kappa shape index (κ1) is 21.8. The van der Waals surface area contributed by atoms with Crippen LogP contribution in [-0.2, 0) is 11.8 Å². The Labute approximate surface area is 191 Å². The zero-order chi connectivity index (χ0) is 22.8. The highest BCUT2D eigenvalue weighted by Crippen LogP contribution is 2.34. The second-order valence-corrected chi connectivity index (χ2v) is 8.84. The van der Waals surface area contributed by atoms with Crippen molar-refractivity contribution < 1.29 is 4.79 Å². The Kier molecular flexibility index (Phi) is 6.09. The second kappa shape index (κ2) is 8.96. The first-order valence-electron chi connectivity index (χ1n) is 10.3. The van der Waals surface area contributed by atoms with Crippen LogP contribution in [0.25, 0.3) is 11.4 Å². The summed E-state index contributed by atoms with van der Waals surface area (Å²) in [7, 11) is 1.75. The van der Waals surface area contributed by atoms with Crippen LogP contribution in [0.2, 0.25) is 0 Å². The van der Waals surface area contributed by atoms with Gasteiger partial charge in [-0.05, 0) is 35.6 Å². The molecule has 32 heavy (non-hydrogen) atoms. The molecule has 1 aliphatic rings. The standard InChI is InChI=1S/C23H25N7OS/c1-14(2)18-10-5-15(3)11-19(18)30-20(31)13-32-23(30)27-25-12-16-6-8-17(9-7-16)21-26-22(24)29(4)28-21/h5-12,14H,13H2,1-4H3,(H2,24,26,28)/b25-12+,27-23-. The molecule has 0 bridgehead atoms. The van der Waals surface area contributed by atoms with Crippen LogP contribution in [0.3, 0.4) is 0 Å². The third-order valence-electron chi connectivity index (χ3n) is 5.13. The van der Waals surface area contributed by atoms with Crippen LogP contribution < -0.4 is 10.6 Å². The van der Waals surface area contributed by atoms with Crippen molar-refractivity contribution in [1.29, 1.82) is 0 Å². The number of anilines is 2. The van der Waals surface area contributed by atoms with Gasteiger partial charge >= 0.3 is 0 Å². The fraction of sp³-hybridized carbons (Fsp3) is 0.261. The smallest absolute Gasteiger partial charge is 0.243 e. The largest absolute Gasteiger partial charge is 0.368 e. The molecular weight excluding hydrogens is 422 g/mol. The Morgan fingerprint density at radius 2 is 1.94 bits per heavy atom. The van der Waals surface area contributed by atoms with Gasteiger partial charge in [0, 0.05) is 12.6 Å². The van der Waals surface area contributed by atoms with Gasteiger partial charge in [-0.3, -0.25) is 9.69 Å². The van der Waals surface area contributed by atoms with E-state index in [-0.39, 0.29) is 11.8 Å². The van der Waals surface area contributed by atoms with E-state index in [1.807, 2.05) is 37.3 Å². The van der Waals surface area contributed by atoms with E-state index < -0.39 is 0 Å². The molecule has 2 N–H and O–H groups in total. The van der Waals surface area contributed by atoms with Crippen LogP contribution in [0.4, 0.5) is 11.6 Å². The predicted molar refractivity (Wildman–Crippen MR) is 131 cm³/mol. The van der Waals surface area contributed by atoms with Crippen LogP contribution in [0, 0.1) is 6.92 Å². The van der Waals surface area contributed by atoms with Gasteiger partial charge < -0.3 is 5.73 Å². The van der Waals surface area contributed by atoms with Gasteiger partial charge in [0.2, 0.25) is 11.9 Å². The number of aryl methyl sites for hydroxylation is 2. The Morgan fingerprint density at radius 1 is 1.19 bits per heavy atom. The summed E-state index contributed by atoms with van der Waals surface area (Å²) < 4.78 is 1.53. The Balaban J connectivity index is 1.56. The van der Waals surface area contributed by atoms with Gasteiger partial charge in [0.25, 0.3) is 0 Å². The second-order valence-electron chi connectivity index (χ2n) is 7.90. The molecule has 1 amide bonds. The number of carbonyl (C=O) groups excluding carboxylic acids is 1. The van der Waals surface area contributed by atoms with Crippen molar-refractivity contribution in [3.63, 3.8) is 0 Å². The highest BCUT2D eigenvalue weighted by molar-refractivity contribution is 8.15. The van der Waals surface area contributed by atoms with E-state index in [0.29, 0.717) is 22.7 Å². The molecule has 2 heterocycles. The summed E-state index contributed by atoms with van der Waals surface area (Å²) in [6.07, 6.45) is 1.66. The maximum Gasteiger partial charge on any atom is 0.243 e. The number of aromatic nitrogens is 3. The van der Waals surface area contributed by atoms with Crippen LogP contribution in [0.1, 0.15) is 36.5 Å². The van der Waals surface area contributed by atoms with Crippen LogP contribution in [-0.4, -0.2) is 37.8 Å². The highest BCUT2D eigenvalue weighted by atomic mass is 32.2. The molecule has 1 fully saturated rings. The van der Waals surface area contributed by atoms with E-state index in [1.54, 1.807) is 18.2 Å².